The van der Waals surface area contributed by atoms with E-state index in [0.717, 1.165) is 4.88 Å². The first kappa shape index (κ1) is 21.0. The molecule has 0 aliphatic heterocycles. The van der Waals surface area contributed by atoms with Gasteiger partial charge in [0.25, 0.3) is 0 Å². The molecule has 31 heavy (non-hydrogen) atoms. The highest BCUT2D eigenvalue weighted by Crippen LogP contribution is 2.21. The molecule has 0 aliphatic carbocycles. The third-order valence-corrected chi connectivity index (χ3v) is 5.41. The topological polar surface area (TPSA) is 130 Å². The number of aliphatic hydroxyl groups is 1. The number of urea groups is 1. The standard InChI is InChI=1S/C19H19ClN8O2S/c20-12-2-1-3-13(8-12)25-18(30)26-19-22-9-14(31-19)4-5-21-17-16-15(23-11-24-17)10-28(27-16)6-7-29/h1-3,8-11,29H,4-7H2,(H,21,23,24)(H2,22,25,26,30). The molecule has 0 fully saturated rings. The Morgan fingerprint density at radius 1 is 1.23 bits per heavy atom. The van der Waals surface area contributed by atoms with Gasteiger partial charge in [0.15, 0.2) is 16.5 Å². The minimum atomic E-state index is -0.386. The number of halogens is 1. The first-order valence-electron chi connectivity index (χ1n) is 9.42. The van der Waals surface area contributed by atoms with Gasteiger partial charge in [-0.3, -0.25) is 10.00 Å². The number of hydrogen-bond acceptors (Lipinski definition) is 8. The van der Waals surface area contributed by atoms with Crippen molar-refractivity contribution in [3.8, 4) is 0 Å². The highest BCUT2D eigenvalue weighted by molar-refractivity contribution is 7.15. The molecule has 0 spiro atoms. The van der Waals surface area contributed by atoms with Crippen molar-refractivity contribution in [1.82, 2.24) is 24.7 Å². The maximum absolute atomic E-state index is 12.1. The Morgan fingerprint density at radius 3 is 2.97 bits per heavy atom. The number of fused-ring (bicyclic) bond motifs is 1. The number of nitrogens with zero attached hydrogens (tertiary/aromatic N) is 5. The second-order valence-corrected chi connectivity index (χ2v) is 8.02. The number of aliphatic hydroxyl groups excluding tert-OH is 1. The van der Waals surface area contributed by atoms with Gasteiger partial charge in [-0.15, -0.1) is 11.3 Å². The van der Waals surface area contributed by atoms with E-state index in [1.54, 1.807) is 41.3 Å². The number of carbonyl (C=O) groups is 1. The molecule has 2 amide bonds. The van der Waals surface area contributed by atoms with Crippen molar-refractivity contribution in [3.05, 3.63) is 52.9 Å². The summed E-state index contributed by atoms with van der Waals surface area (Å²) in [4.78, 5) is 25.8. The lowest BCUT2D eigenvalue weighted by Gasteiger charge is -2.05. The van der Waals surface area contributed by atoms with Gasteiger partial charge in [0.2, 0.25) is 0 Å². The molecule has 0 radical (unpaired) electrons. The number of hydrogen-bond donors (Lipinski definition) is 4. The molecule has 4 N–H and O–H groups in total. The van der Waals surface area contributed by atoms with Crippen molar-refractivity contribution in [2.75, 3.05) is 29.1 Å². The minimum Gasteiger partial charge on any atom is -0.394 e. The monoisotopic (exact) mass is 458 g/mol. The van der Waals surface area contributed by atoms with Gasteiger partial charge in [0.1, 0.15) is 11.8 Å². The smallest absolute Gasteiger partial charge is 0.325 e. The fourth-order valence-electron chi connectivity index (χ4n) is 2.84. The van der Waals surface area contributed by atoms with Crippen LogP contribution in [0.5, 0.6) is 0 Å². The fraction of sp³-hybridized carbons (Fsp3) is 0.211. The predicted octanol–water partition coefficient (Wildman–Crippen LogP) is 3.23. The molecule has 0 saturated heterocycles. The van der Waals surface area contributed by atoms with E-state index in [9.17, 15) is 4.79 Å². The highest BCUT2D eigenvalue weighted by atomic mass is 35.5. The normalized spacial score (nSPS) is 10.9. The second-order valence-electron chi connectivity index (χ2n) is 6.47. The summed E-state index contributed by atoms with van der Waals surface area (Å²) in [5.74, 6) is 0.630. The molecule has 4 rings (SSSR count). The van der Waals surface area contributed by atoms with Gasteiger partial charge in [-0.1, -0.05) is 17.7 Å². The van der Waals surface area contributed by atoms with E-state index in [-0.39, 0.29) is 12.6 Å². The summed E-state index contributed by atoms with van der Waals surface area (Å²) in [6.07, 6.45) is 5.67. The molecule has 160 valence electrons. The van der Waals surface area contributed by atoms with Crippen LogP contribution >= 0.6 is 22.9 Å². The number of nitrogens with one attached hydrogen (secondary N) is 3. The van der Waals surface area contributed by atoms with Gasteiger partial charge in [-0.2, -0.15) is 5.10 Å². The Labute approximate surface area is 186 Å². The summed E-state index contributed by atoms with van der Waals surface area (Å²) in [7, 11) is 0. The van der Waals surface area contributed by atoms with Crippen molar-refractivity contribution in [1.29, 1.82) is 0 Å². The quantitative estimate of drug-likeness (QED) is 0.319. The maximum atomic E-state index is 12.1. The Hall–Kier alpha value is -3.28. The number of rotatable bonds is 8. The van der Waals surface area contributed by atoms with Crippen LogP contribution in [0.1, 0.15) is 4.88 Å². The maximum Gasteiger partial charge on any atom is 0.325 e. The molecule has 0 atom stereocenters. The van der Waals surface area contributed by atoms with E-state index in [1.807, 2.05) is 0 Å². The van der Waals surface area contributed by atoms with Crippen LogP contribution in [-0.2, 0) is 13.0 Å². The van der Waals surface area contributed by atoms with Crippen LogP contribution < -0.4 is 16.0 Å². The van der Waals surface area contributed by atoms with Gasteiger partial charge >= 0.3 is 6.03 Å². The molecule has 0 unspecified atom stereocenters. The lowest BCUT2D eigenvalue weighted by atomic mass is 10.3. The van der Waals surface area contributed by atoms with E-state index >= 15 is 0 Å². The average molecular weight is 459 g/mol. The number of amides is 2. The summed E-state index contributed by atoms with van der Waals surface area (Å²) in [6.45, 7) is 1.01. The minimum absolute atomic E-state index is 0.00302. The van der Waals surface area contributed by atoms with E-state index < -0.39 is 0 Å². The van der Waals surface area contributed by atoms with E-state index in [4.69, 9.17) is 16.7 Å². The van der Waals surface area contributed by atoms with Crippen molar-refractivity contribution in [2.45, 2.75) is 13.0 Å². The highest BCUT2D eigenvalue weighted by Gasteiger charge is 2.10. The molecule has 3 aromatic heterocycles. The molecule has 12 heteroatoms. The largest absolute Gasteiger partial charge is 0.394 e. The van der Waals surface area contributed by atoms with Crippen LogP contribution in [0.15, 0.2) is 43.0 Å². The van der Waals surface area contributed by atoms with Gasteiger partial charge in [0, 0.05) is 34.7 Å². The first-order valence-corrected chi connectivity index (χ1v) is 10.6. The molecule has 0 saturated carbocycles. The average Bonchev–Trinajstić information content (AvgIpc) is 3.35. The van der Waals surface area contributed by atoms with Crippen molar-refractivity contribution in [3.63, 3.8) is 0 Å². The van der Waals surface area contributed by atoms with Crippen LogP contribution in [0.4, 0.5) is 21.4 Å². The van der Waals surface area contributed by atoms with Crippen LogP contribution in [-0.4, -0.2) is 49.0 Å². The molecule has 10 nitrogen and oxygen atoms in total. The zero-order valence-corrected chi connectivity index (χ0v) is 17.8. The lowest BCUT2D eigenvalue weighted by molar-refractivity contribution is 0.262. The first-order chi connectivity index (χ1) is 15.1. The Bertz CT molecular complexity index is 1190. The number of thiazole rings is 1. The summed E-state index contributed by atoms with van der Waals surface area (Å²) in [5.41, 5.74) is 1.96. The van der Waals surface area contributed by atoms with E-state index in [0.29, 0.717) is 52.2 Å². The van der Waals surface area contributed by atoms with Gasteiger partial charge in [0.05, 0.1) is 19.3 Å². The summed E-state index contributed by atoms with van der Waals surface area (Å²) in [5, 5.41) is 23.2. The van der Waals surface area contributed by atoms with Gasteiger partial charge in [-0.05, 0) is 18.2 Å². The SMILES string of the molecule is O=C(Nc1cccc(Cl)c1)Nc1ncc(CCNc2ncnc3cn(CCO)nc23)s1. The summed E-state index contributed by atoms with van der Waals surface area (Å²) >= 11 is 7.32. The molecule has 1 aromatic carbocycles. The molecule has 3 heterocycles. The van der Waals surface area contributed by atoms with Crippen molar-refractivity contribution < 1.29 is 9.90 Å². The van der Waals surface area contributed by atoms with Crippen molar-refractivity contribution >= 4 is 56.6 Å². The lowest BCUT2D eigenvalue weighted by Crippen LogP contribution is -2.19. The Balaban J connectivity index is 1.30. The van der Waals surface area contributed by atoms with Crippen LogP contribution in [0.2, 0.25) is 5.02 Å². The van der Waals surface area contributed by atoms with E-state index in [1.165, 1.54) is 17.7 Å². The number of aromatic nitrogens is 5. The number of anilines is 3. The zero-order valence-electron chi connectivity index (χ0n) is 16.2. The predicted molar refractivity (Wildman–Crippen MR) is 121 cm³/mol. The third kappa shape index (κ3) is 5.45. The molecular weight excluding hydrogens is 440 g/mol. The summed E-state index contributed by atoms with van der Waals surface area (Å²) < 4.78 is 1.64. The van der Waals surface area contributed by atoms with Crippen LogP contribution in [0.25, 0.3) is 11.0 Å². The Kier molecular flexibility index (Phi) is 6.55. The van der Waals surface area contributed by atoms with E-state index in [2.05, 4.69) is 36.0 Å². The van der Waals surface area contributed by atoms with Gasteiger partial charge in [-0.25, -0.2) is 19.7 Å². The second kappa shape index (κ2) is 9.69. The fourth-order valence-corrected chi connectivity index (χ4v) is 3.84. The van der Waals surface area contributed by atoms with Crippen LogP contribution in [0.3, 0.4) is 0 Å². The molecule has 4 aromatic rings. The number of carbonyl (C=O) groups excluding carboxylic acids is 1. The molecular formula is C19H19ClN8O2S. The molecule has 0 aliphatic rings. The molecule has 0 bridgehead atoms. The summed E-state index contributed by atoms with van der Waals surface area (Å²) in [6, 6.07) is 6.52. The third-order valence-electron chi connectivity index (χ3n) is 4.20. The van der Waals surface area contributed by atoms with Gasteiger partial charge < -0.3 is 15.7 Å². The van der Waals surface area contributed by atoms with Crippen LogP contribution in [0, 0.1) is 0 Å². The van der Waals surface area contributed by atoms with Crippen molar-refractivity contribution in [2.24, 2.45) is 0 Å². The zero-order chi connectivity index (χ0) is 21.6. The Morgan fingerprint density at radius 2 is 2.13 bits per heavy atom. The number of benzene rings is 1.